The third kappa shape index (κ3) is 1.85. The predicted octanol–water partition coefficient (Wildman–Crippen LogP) is 4.79. The molecule has 0 atom stereocenters. The minimum atomic E-state index is -0.147. The number of rotatable bonds is 1. The van der Waals surface area contributed by atoms with Crippen molar-refractivity contribution in [2.45, 2.75) is 12.8 Å². The molecule has 0 aliphatic heterocycles. The van der Waals surface area contributed by atoms with E-state index in [-0.39, 0.29) is 5.82 Å². The highest BCUT2D eigenvalue weighted by molar-refractivity contribution is 5.90. The molecule has 1 N–H and O–H groups in total. The van der Waals surface area contributed by atoms with Crippen molar-refractivity contribution >= 4 is 22.6 Å². The lowest BCUT2D eigenvalue weighted by Crippen LogP contribution is -1.99. The first-order valence-electron chi connectivity index (χ1n) is 6.87. The summed E-state index contributed by atoms with van der Waals surface area (Å²) < 4.78 is 13.2. The van der Waals surface area contributed by atoms with Gasteiger partial charge in [-0.1, -0.05) is 24.3 Å². The normalized spacial score (nSPS) is 14.2. The van der Waals surface area contributed by atoms with Gasteiger partial charge in [0.1, 0.15) is 5.82 Å². The van der Waals surface area contributed by atoms with Gasteiger partial charge >= 0.3 is 0 Å². The second-order valence-corrected chi connectivity index (χ2v) is 5.28. The molecule has 3 aromatic rings. The van der Waals surface area contributed by atoms with Gasteiger partial charge in [-0.2, -0.15) is 0 Å². The molecule has 20 heavy (non-hydrogen) atoms. The van der Waals surface area contributed by atoms with E-state index in [9.17, 15) is 4.39 Å². The van der Waals surface area contributed by atoms with Crippen molar-refractivity contribution in [1.29, 1.82) is 0 Å². The molecule has 1 aliphatic rings. The van der Waals surface area contributed by atoms with Crippen LogP contribution in [0.4, 0.5) is 4.39 Å². The number of allylic oxidation sites excluding steroid dienone is 1. The molecule has 0 unspecified atom stereocenters. The van der Waals surface area contributed by atoms with Crippen LogP contribution in [-0.4, -0.2) is 4.98 Å². The third-order valence-electron chi connectivity index (χ3n) is 3.97. The number of para-hydroxylation sites is 1. The van der Waals surface area contributed by atoms with Gasteiger partial charge in [0.25, 0.3) is 0 Å². The Hall–Kier alpha value is -2.35. The molecule has 2 aromatic carbocycles. The molecular formula is C18H14FN. The van der Waals surface area contributed by atoms with Crippen LogP contribution in [0.5, 0.6) is 0 Å². The summed E-state index contributed by atoms with van der Waals surface area (Å²) in [7, 11) is 0. The molecule has 1 aliphatic carbocycles. The molecule has 0 saturated heterocycles. The average molecular weight is 263 g/mol. The smallest absolute Gasteiger partial charge is 0.123 e. The number of hydrogen-bond acceptors (Lipinski definition) is 0. The lowest BCUT2D eigenvalue weighted by molar-refractivity contribution is 0.625. The summed E-state index contributed by atoms with van der Waals surface area (Å²) in [6.07, 6.45) is 4.01. The zero-order valence-corrected chi connectivity index (χ0v) is 11.0. The quantitative estimate of drug-likeness (QED) is 0.649. The van der Waals surface area contributed by atoms with Crippen molar-refractivity contribution in [2.75, 3.05) is 0 Å². The van der Waals surface area contributed by atoms with Crippen LogP contribution in [0.25, 0.3) is 22.6 Å². The average Bonchev–Trinajstić information content (AvgIpc) is 2.90. The van der Waals surface area contributed by atoms with Gasteiger partial charge in [0.2, 0.25) is 0 Å². The third-order valence-corrected chi connectivity index (χ3v) is 3.97. The van der Waals surface area contributed by atoms with E-state index in [1.54, 1.807) is 6.07 Å². The Bertz CT molecular complexity index is 793. The van der Waals surface area contributed by atoms with E-state index in [1.807, 2.05) is 18.2 Å². The number of fused-ring (bicyclic) bond motifs is 2. The molecule has 0 spiro atoms. The molecule has 1 heterocycles. The largest absolute Gasteiger partial charge is 0.355 e. The predicted molar refractivity (Wildman–Crippen MR) is 80.9 cm³/mol. The van der Waals surface area contributed by atoms with Gasteiger partial charge in [-0.15, -0.1) is 0 Å². The van der Waals surface area contributed by atoms with E-state index < -0.39 is 0 Å². The number of aromatic amines is 1. The standard InChI is InChI=1S/C18H14FN/c19-16-8-7-12-9-15(6-5-13(12)10-16)18-11-14-3-1-2-4-17(14)20-18/h1-4,7-11,20H,5-6H2. The maximum Gasteiger partial charge on any atom is 0.123 e. The zero-order valence-electron chi connectivity index (χ0n) is 11.0. The van der Waals surface area contributed by atoms with Crippen molar-refractivity contribution < 1.29 is 4.39 Å². The molecule has 0 amide bonds. The van der Waals surface area contributed by atoms with Gasteiger partial charge in [-0.3, -0.25) is 0 Å². The Labute approximate surface area is 116 Å². The van der Waals surface area contributed by atoms with Crippen LogP contribution in [0.2, 0.25) is 0 Å². The van der Waals surface area contributed by atoms with Gasteiger partial charge < -0.3 is 4.98 Å². The summed E-state index contributed by atoms with van der Waals surface area (Å²) in [5.74, 6) is -0.147. The van der Waals surface area contributed by atoms with Crippen LogP contribution >= 0.6 is 0 Å². The van der Waals surface area contributed by atoms with Crippen molar-refractivity contribution in [3.8, 4) is 0 Å². The maximum atomic E-state index is 13.2. The highest BCUT2D eigenvalue weighted by atomic mass is 19.1. The SMILES string of the molecule is Fc1ccc2c(c1)CCC(c1cc3ccccc3[nH]1)=C2. The van der Waals surface area contributed by atoms with Gasteiger partial charge in [0.15, 0.2) is 0 Å². The molecule has 0 saturated carbocycles. The summed E-state index contributed by atoms with van der Waals surface area (Å²) in [6.45, 7) is 0. The monoisotopic (exact) mass is 263 g/mol. The molecule has 0 fully saturated rings. The van der Waals surface area contributed by atoms with Gasteiger partial charge in [-0.25, -0.2) is 4.39 Å². The molecule has 0 radical (unpaired) electrons. The Morgan fingerprint density at radius 3 is 2.75 bits per heavy atom. The van der Waals surface area contributed by atoms with Crippen LogP contribution < -0.4 is 0 Å². The Kier molecular flexibility index (Phi) is 2.49. The van der Waals surface area contributed by atoms with Crippen molar-refractivity contribution in [2.24, 2.45) is 0 Å². The van der Waals surface area contributed by atoms with E-state index >= 15 is 0 Å². The summed E-state index contributed by atoms with van der Waals surface area (Å²) >= 11 is 0. The first-order chi connectivity index (χ1) is 9.79. The fourth-order valence-electron chi connectivity index (χ4n) is 2.92. The van der Waals surface area contributed by atoms with Crippen LogP contribution in [-0.2, 0) is 6.42 Å². The summed E-state index contributed by atoms with van der Waals surface area (Å²) in [4.78, 5) is 3.47. The summed E-state index contributed by atoms with van der Waals surface area (Å²) in [5.41, 5.74) is 5.85. The fraction of sp³-hybridized carbons (Fsp3) is 0.111. The first kappa shape index (κ1) is 11.5. The molecule has 1 aromatic heterocycles. The first-order valence-corrected chi connectivity index (χ1v) is 6.87. The van der Waals surface area contributed by atoms with E-state index in [1.165, 1.54) is 22.7 Å². The van der Waals surface area contributed by atoms with Gasteiger partial charge in [0, 0.05) is 11.2 Å². The lowest BCUT2D eigenvalue weighted by Gasteiger charge is -2.15. The Morgan fingerprint density at radius 1 is 0.950 bits per heavy atom. The Balaban J connectivity index is 1.81. The van der Waals surface area contributed by atoms with E-state index in [2.05, 4.69) is 29.3 Å². The topological polar surface area (TPSA) is 15.8 Å². The number of H-pyrrole nitrogens is 1. The number of aryl methyl sites for hydroxylation is 1. The molecular weight excluding hydrogens is 249 g/mol. The zero-order chi connectivity index (χ0) is 13.5. The van der Waals surface area contributed by atoms with Crippen LogP contribution in [0.1, 0.15) is 23.2 Å². The summed E-state index contributed by atoms with van der Waals surface area (Å²) in [6, 6.07) is 15.5. The lowest BCUT2D eigenvalue weighted by atomic mass is 9.91. The highest BCUT2D eigenvalue weighted by Gasteiger charge is 2.14. The van der Waals surface area contributed by atoms with Gasteiger partial charge in [0.05, 0.1) is 0 Å². The van der Waals surface area contributed by atoms with Crippen molar-refractivity contribution in [1.82, 2.24) is 4.98 Å². The number of aromatic nitrogens is 1. The molecule has 4 rings (SSSR count). The van der Waals surface area contributed by atoms with Crippen LogP contribution in [0, 0.1) is 5.82 Å². The minimum Gasteiger partial charge on any atom is -0.355 e. The molecule has 0 bridgehead atoms. The number of hydrogen-bond donors (Lipinski definition) is 1. The molecule has 98 valence electrons. The second kappa shape index (κ2) is 4.34. The van der Waals surface area contributed by atoms with E-state index in [4.69, 9.17) is 0 Å². The highest BCUT2D eigenvalue weighted by Crippen LogP contribution is 2.31. The molecule has 1 nitrogen and oxygen atoms in total. The van der Waals surface area contributed by atoms with Crippen molar-refractivity contribution in [3.63, 3.8) is 0 Å². The number of halogens is 1. The fourth-order valence-corrected chi connectivity index (χ4v) is 2.92. The second-order valence-electron chi connectivity index (χ2n) is 5.28. The van der Waals surface area contributed by atoms with E-state index in [0.717, 1.165) is 29.5 Å². The summed E-state index contributed by atoms with van der Waals surface area (Å²) in [5, 5.41) is 1.23. The van der Waals surface area contributed by atoms with E-state index in [0.29, 0.717) is 0 Å². The van der Waals surface area contributed by atoms with Crippen LogP contribution in [0.15, 0.2) is 48.5 Å². The Morgan fingerprint density at radius 2 is 1.85 bits per heavy atom. The van der Waals surface area contributed by atoms with Crippen LogP contribution in [0.3, 0.4) is 0 Å². The minimum absolute atomic E-state index is 0.147. The van der Waals surface area contributed by atoms with Gasteiger partial charge in [-0.05, 0) is 65.3 Å². The maximum absolute atomic E-state index is 13.2. The number of nitrogens with one attached hydrogen (secondary N) is 1. The van der Waals surface area contributed by atoms with Crippen molar-refractivity contribution in [3.05, 3.63) is 71.2 Å². The number of benzene rings is 2. The molecule has 2 heteroatoms.